The van der Waals surface area contributed by atoms with Gasteiger partial charge in [-0.1, -0.05) is 97.1 Å². The molecular weight excluding hydrogens is 585 g/mol. The number of fused-ring (bicyclic) bond motifs is 6. The predicted octanol–water partition coefficient (Wildman–Crippen LogP) is 11.0. The van der Waals surface area contributed by atoms with E-state index in [9.17, 15) is 10.5 Å². The molecular formula is C44H26N4. The highest BCUT2D eigenvalue weighted by Crippen LogP contribution is 2.39. The molecule has 222 valence electrons. The third-order valence-corrected chi connectivity index (χ3v) is 9.42. The number of hydrogen-bond donors (Lipinski definition) is 0. The van der Waals surface area contributed by atoms with Gasteiger partial charge in [0.1, 0.15) is 0 Å². The van der Waals surface area contributed by atoms with Crippen molar-refractivity contribution >= 4 is 43.6 Å². The third-order valence-electron chi connectivity index (χ3n) is 9.42. The van der Waals surface area contributed by atoms with Crippen LogP contribution in [-0.4, -0.2) is 9.13 Å². The maximum atomic E-state index is 10.2. The molecule has 2 heterocycles. The van der Waals surface area contributed by atoms with Crippen molar-refractivity contribution in [3.63, 3.8) is 0 Å². The Balaban J connectivity index is 1.19. The minimum absolute atomic E-state index is 0.619. The van der Waals surface area contributed by atoms with Gasteiger partial charge < -0.3 is 9.13 Å². The first kappa shape index (κ1) is 27.4. The van der Waals surface area contributed by atoms with E-state index in [1.807, 2.05) is 48.5 Å². The van der Waals surface area contributed by atoms with Crippen LogP contribution in [0.1, 0.15) is 11.1 Å². The molecule has 0 amide bonds. The molecule has 2 aromatic heterocycles. The molecule has 0 saturated heterocycles. The molecule has 0 fully saturated rings. The summed E-state index contributed by atoms with van der Waals surface area (Å²) in [6.45, 7) is 0. The number of para-hydroxylation sites is 4. The van der Waals surface area contributed by atoms with Crippen LogP contribution in [-0.2, 0) is 0 Å². The monoisotopic (exact) mass is 610 g/mol. The van der Waals surface area contributed by atoms with Gasteiger partial charge in [0.25, 0.3) is 0 Å². The van der Waals surface area contributed by atoms with E-state index in [1.54, 1.807) is 0 Å². The first-order valence-corrected chi connectivity index (χ1v) is 15.9. The summed E-state index contributed by atoms with van der Waals surface area (Å²) in [5.74, 6) is 0. The highest BCUT2D eigenvalue weighted by Gasteiger charge is 2.18. The summed E-state index contributed by atoms with van der Waals surface area (Å²) in [5.41, 5.74) is 11.6. The number of rotatable bonds is 4. The smallest absolute Gasteiger partial charge is 0.0998 e. The Bertz CT molecular complexity index is 2750. The van der Waals surface area contributed by atoms with Gasteiger partial charge in [-0.05, 0) is 71.8 Å². The summed E-state index contributed by atoms with van der Waals surface area (Å²) in [7, 11) is 0. The van der Waals surface area contributed by atoms with E-state index in [2.05, 4.69) is 130 Å². The van der Waals surface area contributed by atoms with Crippen molar-refractivity contribution in [1.29, 1.82) is 10.5 Å². The summed E-state index contributed by atoms with van der Waals surface area (Å²) in [5, 5.41) is 24.6. The van der Waals surface area contributed by atoms with Crippen LogP contribution in [0.25, 0.3) is 77.2 Å². The molecule has 0 spiro atoms. The van der Waals surface area contributed by atoms with E-state index in [0.29, 0.717) is 11.1 Å². The van der Waals surface area contributed by atoms with Crippen molar-refractivity contribution in [2.24, 2.45) is 0 Å². The number of hydrogen-bond acceptors (Lipinski definition) is 2. The SMILES string of the molecule is N#Cc1ccc2c3ccccc3n(-c3ccccc3-c3ccc(C#N)c(-c4ccc(-n5c6ccccc6c6ccccc65)cc4)c3)c2c1. The molecule has 0 N–H and O–H groups in total. The molecule has 0 aliphatic carbocycles. The second-order valence-corrected chi connectivity index (χ2v) is 12.0. The first-order chi connectivity index (χ1) is 23.7. The van der Waals surface area contributed by atoms with Crippen molar-refractivity contribution in [3.8, 4) is 45.8 Å². The normalized spacial score (nSPS) is 11.3. The second kappa shape index (κ2) is 10.9. The van der Waals surface area contributed by atoms with Gasteiger partial charge in [-0.25, -0.2) is 0 Å². The van der Waals surface area contributed by atoms with Crippen molar-refractivity contribution in [2.75, 3.05) is 0 Å². The zero-order valence-corrected chi connectivity index (χ0v) is 25.8. The van der Waals surface area contributed by atoms with Crippen molar-refractivity contribution in [3.05, 3.63) is 169 Å². The van der Waals surface area contributed by atoms with Crippen LogP contribution in [0.5, 0.6) is 0 Å². The van der Waals surface area contributed by atoms with Gasteiger partial charge >= 0.3 is 0 Å². The van der Waals surface area contributed by atoms with Gasteiger partial charge in [-0.15, -0.1) is 0 Å². The topological polar surface area (TPSA) is 57.4 Å². The van der Waals surface area contributed by atoms with Gasteiger partial charge in [-0.3, -0.25) is 0 Å². The lowest BCUT2D eigenvalue weighted by Gasteiger charge is -2.16. The number of aromatic nitrogens is 2. The molecule has 0 unspecified atom stereocenters. The zero-order valence-electron chi connectivity index (χ0n) is 25.8. The second-order valence-electron chi connectivity index (χ2n) is 12.0. The number of benzene rings is 7. The molecule has 9 rings (SSSR count). The zero-order chi connectivity index (χ0) is 32.2. The van der Waals surface area contributed by atoms with Gasteiger partial charge in [0.15, 0.2) is 0 Å². The van der Waals surface area contributed by atoms with Crippen molar-refractivity contribution in [2.45, 2.75) is 0 Å². The van der Waals surface area contributed by atoms with E-state index >= 15 is 0 Å². The Kier molecular flexibility index (Phi) is 6.22. The molecule has 4 nitrogen and oxygen atoms in total. The van der Waals surface area contributed by atoms with Crippen LogP contribution < -0.4 is 0 Å². The molecule has 4 heteroatoms. The van der Waals surface area contributed by atoms with Gasteiger partial charge in [0, 0.05) is 38.4 Å². The molecule has 0 saturated carbocycles. The average Bonchev–Trinajstić information content (AvgIpc) is 3.67. The van der Waals surface area contributed by atoms with Crippen LogP contribution >= 0.6 is 0 Å². The van der Waals surface area contributed by atoms with E-state index < -0.39 is 0 Å². The van der Waals surface area contributed by atoms with E-state index in [4.69, 9.17) is 0 Å². The molecule has 0 radical (unpaired) electrons. The van der Waals surface area contributed by atoms with Crippen molar-refractivity contribution < 1.29 is 0 Å². The van der Waals surface area contributed by atoms with Crippen LogP contribution in [0.4, 0.5) is 0 Å². The highest BCUT2D eigenvalue weighted by molar-refractivity contribution is 6.10. The fraction of sp³-hybridized carbons (Fsp3) is 0. The fourth-order valence-corrected chi connectivity index (χ4v) is 7.25. The maximum absolute atomic E-state index is 10.2. The number of nitriles is 2. The minimum atomic E-state index is 0.619. The van der Waals surface area contributed by atoms with Crippen LogP contribution in [0, 0.1) is 22.7 Å². The minimum Gasteiger partial charge on any atom is -0.309 e. The summed E-state index contributed by atoms with van der Waals surface area (Å²) in [4.78, 5) is 0. The first-order valence-electron chi connectivity index (χ1n) is 15.9. The lowest BCUT2D eigenvalue weighted by molar-refractivity contribution is 1.18. The summed E-state index contributed by atoms with van der Waals surface area (Å²) < 4.78 is 4.55. The van der Waals surface area contributed by atoms with E-state index in [0.717, 1.165) is 66.5 Å². The molecule has 9 aromatic rings. The molecule has 48 heavy (non-hydrogen) atoms. The van der Waals surface area contributed by atoms with Crippen LogP contribution in [0.3, 0.4) is 0 Å². The van der Waals surface area contributed by atoms with Crippen molar-refractivity contribution in [1.82, 2.24) is 9.13 Å². The summed E-state index contributed by atoms with van der Waals surface area (Å²) >= 11 is 0. The van der Waals surface area contributed by atoms with Crippen LogP contribution in [0.2, 0.25) is 0 Å². The Morgan fingerprint density at radius 3 is 1.60 bits per heavy atom. The largest absolute Gasteiger partial charge is 0.309 e. The van der Waals surface area contributed by atoms with Gasteiger partial charge in [0.2, 0.25) is 0 Å². The predicted molar refractivity (Wildman–Crippen MR) is 195 cm³/mol. The summed E-state index contributed by atoms with van der Waals surface area (Å²) in [6.07, 6.45) is 0. The molecule has 0 aliphatic rings. The fourth-order valence-electron chi connectivity index (χ4n) is 7.25. The lowest BCUT2D eigenvalue weighted by Crippen LogP contribution is -1.98. The Morgan fingerprint density at radius 2 is 0.958 bits per heavy atom. The Morgan fingerprint density at radius 1 is 0.396 bits per heavy atom. The van der Waals surface area contributed by atoms with Gasteiger partial charge in [-0.2, -0.15) is 10.5 Å². The maximum Gasteiger partial charge on any atom is 0.0998 e. The lowest BCUT2D eigenvalue weighted by atomic mass is 9.94. The molecule has 7 aromatic carbocycles. The average molecular weight is 611 g/mol. The third kappa shape index (κ3) is 4.14. The molecule has 0 bridgehead atoms. The number of nitrogens with zero attached hydrogens (tertiary/aromatic N) is 4. The Labute approximate surface area is 277 Å². The standard InChI is InChI=1S/C44H26N4/c45-27-29-17-24-38-37-12-4-8-16-43(37)48(44(38)25-29)40-13-5-1-9-34(40)31-18-19-32(28-46)39(26-31)30-20-22-33(23-21-30)47-41-14-6-2-10-35(41)36-11-3-7-15-42(36)47/h1-26H. The molecule has 0 aliphatic heterocycles. The molecule has 0 atom stereocenters. The summed E-state index contributed by atoms with van der Waals surface area (Å²) in [6, 6.07) is 58.9. The highest BCUT2D eigenvalue weighted by atomic mass is 15.0. The van der Waals surface area contributed by atoms with Gasteiger partial charge in [0.05, 0.1) is 51.0 Å². The van der Waals surface area contributed by atoms with Crippen LogP contribution in [0.15, 0.2) is 158 Å². The van der Waals surface area contributed by atoms with E-state index in [1.165, 1.54) is 10.8 Å². The van der Waals surface area contributed by atoms with E-state index in [-0.39, 0.29) is 0 Å². The Hall–Kier alpha value is -6.88. The quantitative estimate of drug-likeness (QED) is 0.199.